The third-order valence-corrected chi connectivity index (χ3v) is 6.31. The van der Waals surface area contributed by atoms with Crippen molar-refractivity contribution in [1.82, 2.24) is 9.55 Å². The van der Waals surface area contributed by atoms with E-state index in [0.717, 1.165) is 48.3 Å². The molecule has 0 radical (unpaired) electrons. The number of carbonyl (C=O) groups is 1. The Bertz CT molecular complexity index is 1030. The fourth-order valence-corrected chi connectivity index (χ4v) is 4.55. The van der Waals surface area contributed by atoms with Crippen molar-refractivity contribution in [2.45, 2.75) is 57.9 Å². The molecule has 0 spiro atoms. The molecule has 148 valence electrons. The highest BCUT2D eigenvalue weighted by Gasteiger charge is 2.51. The van der Waals surface area contributed by atoms with Crippen molar-refractivity contribution in [2.24, 2.45) is 0 Å². The van der Waals surface area contributed by atoms with Gasteiger partial charge in [0.05, 0.1) is 11.1 Å². The topological polar surface area (TPSA) is 46.9 Å². The first-order valence-electron chi connectivity index (χ1n) is 10.6. The average Bonchev–Trinajstić information content (AvgIpc) is 3.41. The zero-order chi connectivity index (χ0) is 20.0. The Hall–Kier alpha value is -2.88. The molecule has 5 rings (SSSR count). The molecule has 2 heterocycles. The van der Waals surface area contributed by atoms with Gasteiger partial charge in [0.15, 0.2) is 0 Å². The van der Waals surface area contributed by atoms with Crippen LogP contribution in [0, 0.1) is 13.8 Å². The largest absolute Gasteiger partial charge is 0.334 e. The normalized spacial score (nSPS) is 16.9. The molecule has 2 aromatic carbocycles. The van der Waals surface area contributed by atoms with E-state index in [1.165, 1.54) is 29.8 Å². The van der Waals surface area contributed by atoms with Gasteiger partial charge in [-0.25, -0.2) is 4.98 Å². The molecule has 29 heavy (non-hydrogen) atoms. The minimum Gasteiger partial charge on any atom is -0.334 e. The van der Waals surface area contributed by atoms with Gasteiger partial charge in [-0.1, -0.05) is 41.5 Å². The van der Waals surface area contributed by atoms with Crippen LogP contribution in [0.25, 0.3) is 11.3 Å². The van der Waals surface area contributed by atoms with E-state index in [9.17, 15) is 4.79 Å². The first-order chi connectivity index (χ1) is 14.0. The number of carbonyl (C=O) groups excluding carboxylic acids is 1. The van der Waals surface area contributed by atoms with Gasteiger partial charge in [-0.05, 0) is 57.2 Å². The molecule has 1 aromatic heterocycles. The fraction of sp³-hybridized carbons (Fsp3) is 0.360. The van der Waals surface area contributed by atoms with Crippen molar-refractivity contribution >= 4 is 11.6 Å². The first kappa shape index (κ1) is 18.2. The van der Waals surface area contributed by atoms with Crippen molar-refractivity contribution in [1.29, 1.82) is 0 Å². The number of nitrogens with zero attached hydrogens (tertiary/aromatic N) is 2. The Morgan fingerprint density at radius 1 is 1.03 bits per heavy atom. The number of fused-ring (bicyclic) bond motifs is 1. The zero-order valence-corrected chi connectivity index (χ0v) is 17.2. The molecule has 1 saturated carbocycles. The van der Waals surface area contributed by atoms with Crippen LogP contribution in [0.4, 0.5) is 5.69 Å². The number of aromatic nitrogens is 2. The molecular formula is C25H27N3O. The Balaban J connectivity index is 1.33. The SMILES string of the molecule is Cc1cc(C)cc(C2(C(=O)Nc3ccc(-c4cn5c(n4)CCCC5)cc3)CC2)c1. The summed E-state index contributed by atoms with van der Waals surface area (Å²) in [5.74, 6) is 1.29. The van der Waals surface area contributed by atoms with Crippen LogP contribution in [-0.4, -0.2) is 15.5 Å². The number of anilines is 1. The number of imidazole rings is 1. The van der Waals surface area contributed by atoms with Gasteiger partial charge in [0.1, 0.15) is 5.82 Å². The van der Waals surface area contributed by atoms with E-state index in [0.29, 0.717) is 0 Å². The molecule has 0 unspecified atom stereocenters. The summed E-state index contributed by atoms with van der Waals surface area (Å²) in [4.78, 5) is 17.9. The van der Waals surface area contributed by atoms with Crippen LogP contribution < -0.4 is 5.32 Å². The highest BCUT2D eigenvalue weighted by atomic mass is 16.2. The third kappa shape index (κ3) is 3.37. The lowest BCUT2D eigenvalue weighted by molar-refractivity contribution is -0.118. The molecule has 0 atom stereocenters. The molecule has 4 heteroatoms. The van der Waals surface area contributed by atoms with E-state index in [4.69, 9.17) is 4.98 Å². The minimum absolute atomic E-state index is 0.104. The van der Waals surface area contributed by atoms with Crippen LogP contribution >= 0.6 is 0 Å². The smallest absolute Gasteiger partial charge is 0.235 e. The summed E-state index contributed by atoms with van der Waals surface area (Å²) in [6, 6.07) is 14.6. The van der Waals surface area contributed by atoms with Gasteiger partial charge in [-0.3, -0.25) is 4.79 Å². The number of amides is 1. The maximum Gasteiger partial charge on any atom is 0.235 e. The van der Waals surface area contributed by atoms with Crippen LogP contribution in [0.15, 0.2) is 48.7 Å². The Kier molecular flexibility index (Phi) is 4.30. The van der Waals surface area contributed by atoms with Gasteiger partial charge in [0.25, 0.3) is 0 Å². The van der Waals surface area contributed by atoms with Gasteiger partial charge < -0.3 is 9.88 Å². The lowest BCUT2D eigenvalue weighted by Crippen LogP contribution is -2.28. The predicted octanol–water partition coefficient (Wildman–Crippen LogP) is 5.17. The van der Waals surface area contributed by atoms with Crippen LogP contribution in [0.1, 0.15) is 48.2 Å². The summed E-state index contributed by atoms with van der Waals surface area (Å²) in [5.41, 5.74) is 6.18. The highest BCUT2D eigenvalue weighted by molar-refractivity contribution is 6.01. The quantitative estimate of drug-likeness (QED) is 0.673. The molecule has 4 nitrogen and oxygen atoms in total. The van der Waals surface area contributed by atoms with E-state index in [-0.39, 0.29) is 11.3 Å². The maximum atomic E-state index is 13.1. The number of nitrogens with one attached hydrogen (secondary N) is 1. The van der Waals surface area contributed by atoms with Gasteiger partial charge in [0.2, 0.25) is 5.91 Å². The number of benzene rings is 2. The lowest BCUT2D eigenvalue weighted by Gasteiger charge is -2.17. The van der Waals surface area contributed by atoms with E-state index in [1.54, 1.807) is 0 Å². The van der Waals surface area contributed by atoms with E-state index in [1.807, 2.05) is 12.1 Å². The molecular weight excluding hydrogens is 358 g/mol. The Morgan fingerprint density at radius 2 is 1.76 bits per heavy atom. The molecule has 1 amide bonds. The van der Waals surface area contributed by atoms with Crippen LogP contribution in [-0.2, 0) is 23.2 Å². The van der Waals surface area contributed by atoms with Gasteiger partial charge >= 0.3 is 0 Å². The number of hydrogen-bond acceptors (Lipinski definition) is 2. The lowest BCUT2D eigenvalue weighted by atomic mass is 9.92. The molecule has 1 aliphatic carbocycles. The summed E-state index contributed by atoms with van der Waals surface area (Å²) in [6.45, 7) is 5.25. The van der Waals surface area contributed by atoms with Crippen molar-refractivity contribution in [3.05, 3.63) is 71.2 Å². The monoisotopic (exact) mass is 385 g/mol. The van der Waals surface area contributed by atoms with Crippen molar-refractivity contribution in [3.8, 4) is 11.3 Å². The molecule has 1 N–H and O–H groups in total. The first-order valence-corrected chi connectivity index (χ1v) is 10.6. The zero-order valence-electron chi connectivity index (χ0n) is 17.2. The van der Waals surface area contributed by atoms with E-state index < -0.39 is 0 Å². The fourth-order valence-electron chi connectivity index (χ4n) is 4.55. The summed E-state index contributed by atoms with van der Waals surface area (Å²) >= 11 is 0. The van der Waals surface area contributed by atoms with Gasteiger partial charge in [-0.2, -0.15) is 0 Å². The number of hydrogen-bond donors (Lipinski definition) is 1. The molecule has 2 aliphatic rings. The summed E-state index contributed by atoms with van der Waals surface area (Å²) in [7, 11) is 0. The average molecular weight is 386 g/mol. The molecule has 1 fully saturated rings. The summed E-state index contributed by atoms with van der Waals surface area (Å²) < 4.78 is 2.27. The second-order valence-corrected chi connectivity index (χ2v) is 8.68. The number of aryl methyl sites for hydroxylation is 4. The molecule has 3 aromatic rings. The third-order valence-electron chi connectivity index (χ3n) is 6.31. The van der Waals surface area contributed by atoms with Crippen molar-refractivity contribution in [3.63, 3.8) is 0 Å². The number of rotatable bonds is 4. The van der Waals surface area contributed by atoms with Crippen LogP contribution in [0.3, 0.4) is 0 Å². The standard InChI is InChI=1S/C25H27N3O/c1-17-13-18(2)15-20(14-17)25(10-11-25)24(29)26-21-8-6-19(7-9-21)22-16-28-12-4-3-5-23(28)27-22/h6-9,13-16H,3-5,10-12H2,1-2H3,(H,26,29). The highest BCUT2D eigenvalue weighted by Crippen LogP contribution is 2.49. The summed E-state index contributed by atoms with van der Waals surface area (Å²) in [5, 5.41) is 3.15. The Labute approximate surface area is 172 Å². The molecule has 0 saturated heterocycles. The second-order valence-electron chi connectivity index (χ2n) is 8.68. The van der Waals surface area contributed by atoms with Gasteiger partial charge in [-0.15, -0.1) is 0 Å². The second kappa shape index (κ2) is 6.87. The Morgan fingerprint density at radius 3 is 2.41 bits per heavy atom. The molecule has 0 bridgehead atoms. The van der Waals surface area contributed by atoms with Crippen molar-refractivity contribution in [2.75, 3.05) is 5.32 Å². The van der Waals surface area contributed by atoms with E-state index >= 15 is 0 Å². The maximum absolute atomic E-state index is 13.1. The van der Waals surface area contributed by atoms with Gasteiger partial charge in [0, 0.05) is 30.4 Å². The predicted molar refractivity (Wildman–Crippen MR) is 116 cm³/mol. The van der Waals surface area contributed by atoms with Crippen LogP contribution in [0.2, 0.25) is 0 Å². The van der Waals surface area contributed by atoms with Crippen molar-refractivity contribution < 1.29 is 4.79 Å². The molecule has 1 aliphatic heterocycles. The van der Waals surface area contributed by atoms with E-state index in [2.05, 4.69) is 60.3 Å². The van der Waals surface area contributed by atoms with Crippen LogP contribution in [0.5, 0.6) is 0 Å². The minimum atomic E-state index is -0.363. The summed E-state index contributed by atoms with van der Waals surface area (Å²) in [6.07, 6.45) is 7.51.